The van der Waals surface area contributed by atoms with Gasteiger partial charge in [-0.2, -0.15) is 0 Å². The Bertz CT molecular complexity index is 672. The lowest BCUT2D eigenvalue weighted by atomic mass is 10.2. The van der Waals surface area contributed by atoms with Crippen LogP contribution in [0.2, 0.25) is 0 Å². The number of non-ortho nitro benzene ring substituents is 1. The summed E-state index contributed by atoms with van der Waals surface area (Å²) in [6.45, 7) is 0. The maximum atomic E-state index is 11.3. The van der Waals surface area contributed by atoms with Crippen molar-refractivity contribution in [3.8, 4) is 0 Å². The van der Waals surface area contributed by atoms with E-state index in [1.807, 2.05) is 0 Å². The van der Waals surface area contributed by atoms with Crippen molar-refractivity contribution in [3.63, 3.8) is 0 Å². The van der Waals surface area contributed by atoms with Gasteiger partial charge in [-0.15, -0.1) is 0 Å². The van der Waals surface area contributed by atoms with E-state index in [9.17, 15) is 28.6 Å². The second kappa shape index (κ2) is 5.04. The molecule has 1 saturated heterocycles. The van der Waals surface area contributed by atoms with Crippen LogP contribution < -0.4 is 5.32 Å². The molecule has 1 atom stereocenters. The van der Waals surface area contributed by atoms with Crippen LogP contribution in [-0.2, 0) is 9.84 Å². The summed E-state index contributed by atoms with van der Waals surface area (Å²) in [7, 11) is -3.11. The second-order valence-corrected chi connectivity index (χ2v) is 6.69. The van der Waals surface area contributed by atoms with Crippen LogP contribution in [0, 0.1) is 20.2 Å². The fourth-order valence-electron chi connectivity index (χ4n) is 2.04. The minimum atomic E-state index is -3.11. The maximum Gasteiger partial charge on any atom is 0.299 e. The summed E-state index contributed by atoms with van der Waals surface area (Å²) in [6.07, 6.45) is 0.358. The molecule has 1 aliphatic heterocycles. The molecule has 0 amide bonds. The summed E-state index contributed by atoms with van der Waals surface area (Å²) in [6, 6.07) is 2.80. The fourth-order valence-corrected chi connectivity index (χ4v) is 3.71. The second-order valence-electron chi connectivity index (χ2n) is 4.46. The Morgan fingerprint density at radius 3 is 2.40 bits per heavy atom. The highest BCUT2D eigenvalue weighted by atomic mass is 32.2. The minimum Gasteiger partial charge on any atom is -0.376 e. The number of anilines is 1. The van der Waals surface area contributed by atoms with Crippen LogP contribution in [0.1, 0.15) is 6.42 Å². The first-order valence-electron chi connectivity index (χ1n) is 5.68. The third kappa shape index (κ3) is 3.02. The van der Waals surface area contributed by atoms with Crippen molar-refractivity contribution >= 4 is 26.9 Å². The number of hydrogen-bond acceptors (Lipinski definition) is 7. The Labute approximate surface area is 113 Å². The molecular formula is C10H11N3O6S. The van der Waals surface area contributed by atoms with Gasteiger partial charge < -0.3 is 5.32 Å². The molecule has 0 aliphatic carbocycles. The Morgan fingerprint density at radius 2 is 1.90 bits per heavy atom. The Kier molecular flexibility index (Phi) is 3.57. The van der Waals surface area contributed by atoms with E-state index in [0.717, 1.165) is 12.1 Å². The summed E-state index contributed by atoms with van der Waals surface area (Å²) >= 11 is 0. The molecule has 1 heterocycles. The van der Waals surface area contributed by atoms with E-state index < -0.39 is 31.4 Å². The SMILES string of the molecule is O=[N+]([O-])c1ccc(N[C@@H]2CCS(=O)(=O)C2)c([N+](=O)[O-])c1. The molecule has 108 valence electrons. The van der Waals surface area contributed by atoms with E-state index in [0.29, 0.717) is 6.42 Å². The smallest absolute Gasteiger partial charge is 0.299 e. The van der Waals surface area contributed by atoms with Gasteiger partial charge in [-0.1, -0.05) is 0 Å². The average molecular weight is 301 g/mol. The van der Waals surface area contributed by atoms with Crippen molar-refractivity contribution in [1.82, 2.24) is 0 Å². The zero-order valence-electron chi connectivity index (χ0n) is 10.2. The zero-order valence-corrected chi connectivity index (χ0v) is 11.0. The standard InChI is InChI=1S/C10H11N3O6S/c14-12(15)8-1-2-9(10(5-8)13(16)17)11-7-3-4-20(18,19)6-7/h1-2,5,7,11H,3-4,6H2/t7-/m1/s1. The number of benzene rings is 1. The molecule has 0 bridgehead atoms. The molecule has 1 N–H and O–H groups in total. The monoisotopic (exact) mass is 301 g/mol. The fraction of sp³-hybridized carbons (Fsp3) is 0.400. The first-order chi connectivity index (χ1) is 9.28. The zero-order chi connectivity index (χ0) is 14.9. The highest BCUT2D eigenvalue weighted by Gasteiger charge is 2.29. The number of hydrogen-bond donors (Lipinski definition) is 1. The lowest BCUT2D eigenvalue weighted by molar-refractivity contribution is -0.393. The van der Waals surface area contributed by atoms with Crippen LogP contribution in [0.15, 0.2) is 18.2 Å². The number of sulfone groups is 1. The number of rotatable bonds is 4. The molecule has 9 nitrogen and oxygen atoms in total. The lowest BCUT2D eigenvalue weighted by Crippen LogP contribution is -2.21. The molecular weight excluding hydrogens is 290 g/mol. The molecule has 0 spiro atoms. The van der Waals surface area contributed by atoms with Gasteiger partial charge in [0, 0.05) is 12.1 Å². The van der Waals surface area contributed by atoms with Crippen LogP contribution in [0.3, 0.4) is 0 Å². The highest BCUT2D eigenvalue weighted by molar-refractivity contribution is 7.91. The van der Waals surface area contributed by atoms with Crippen molar-refractivity contribution in [2.75, 3.05) is 16.8 Å². The molecule has 0 saturated carbocycles. The molecule has 1 fully saturated rings. The molecule has 10 heteroatoms. The molecule has 0 radical (unpaired) electrons. The molecule has 0 aromatic heterocycles. The molecule has 1 aromatic carbocycles. The van der Waals surface area contributed by atoms with Crippen LogP contribution in [0.25, 0.3) is 0 Å². The van der Waals surface area contributed by atoms with E-state index in [4.69, 9.17) is 0 Å². The van der Waals surface area contributed by atoms with E-state index in [1.165, 1.54) is 6.07 Å². The highest BCUT2D eigenvalue weighted by Crippen LogP contribution is 2.30. The van der Waals surface area contributed by atoms with Gasteiger partial charge in [0.15, 0.2) is 9.84 Å². The lowest BCUT2D eigenvalue weighted by Gasteiger charge is -2.12. The van der Waals surface area contributed by atoms with Crippen molar-refractivity contribution in [2.24, 2.45) is 0 Å². The Hall–Kier alpha value is -2.23. The molecule has 0 unspecified atom stereocenters. The molecule has 1 aromatic rings. The Morgan fingerprint density at radius 1 is 1.20 bits per heavy atom. The van der Waals surface area contributed by atoms with Crippen molar-refractivity contribution < 1.29 is 18.3 Å². The first kappa shape index (κ1) is 14.2. The van der Waals surface area contributed by atoms with Crippen LogP contribution in [0.5, 0.6) is 0 Å². The van der Waals surface area contributed by atoms with Gasteiger partial charge in [-0.3, -0.25) is 20.2 Å². The van der Waals surface area contributed by atoms with Crippen LogP contribution >= 0.6 is 0 Å². The third-order valence-electron chi connectivity index (χ3n) is 2.98. The Balaban J connectivity index is 2.28. The van der Waals surface area contributed by atoms with Crippen LogP contribution in [0.4, 0.5) is 17.1 Å². The topological polar surface area (TPSA) is 132 Å². The first-order valence-corrected chi connectivity index (χ1v) is 7.50. The van der Waals surface area contributed by atoms with Gasteiger partial charge in [-0.05, 0) is 12.5 Å². The summed E-state index contributed by atoms with van der Waals surface area (Å²) in [4.78, 5) is 20.1. The maximum absolute atomic E-state index is 11.3. The third-order valence-corrected chi connectivity index (χ3v) is 4.75. The number of nitrogens with zero attached hydrogens (tertiary/aromatic N) is 2. The number of nitrogens with one attached hydrogen (secondary N) is 1. The summed E-state index contributed by atoms with van der Waals surface area (Å²) in [5, 5.41) is 24.3. The summed E-state index contributed by atoms with van der Waals surface area (Å²) < 4.78 is 22.7. The minimum absolute atomic E-state index is 0.0332. The van der Waals surface area contributed by atoms with E-state index in [-0.39, 0.29) is 22.9 Å². The van der Waals surface area contributed by atoms with Gasteiger partial charge >= 0.3 is 0 Å². The van der Waals surface area contributed by atoms with Gasteiger partial charge in [0.05, 0.1) is 27.4 Å². The molecule has 1 aliphatic rings. The largest absolute Gasteiger partial charge is 0.376 e. The average Bonchev–Trinajstić information content (AvgIpc) is 2.68. The van der Waals surface area contributed by atoms with Crippen molar-refractivity contribution in [2.45, 2.75) is 12.5 Å². The van der Waals surface area contributed by atoms with E-state index in [2.05, 4.69) is 5.32 Å². The van der Waals surface area contributed by atoms with Crippen molar-refractivity contribution in [3.05, 3.63) is 38.4 Å². The molecule has 2 rings (SSSR count). The normalized spacial score (nSPS) is 20.5. The predicted octanol–water partition coefficient (Wildman–Crippen LogP) is 1.10. The van der Waals surface area contributed by atoms with Crippen LogP contribution in [-0.4, -0.2) is 35.8 Å². The van der Waals surface area contributed by atoms with Gasteiger partial charge in [0.25, 0.3) is 11.4 Å². The van der Waals surface area contributed by atoms with E-state index in [1.54, 1.807) is 0 Å². The van der Waals surface area contributed by atoms with Gasteiger partial charge in [-0.25, -0.2) is 8.42 Å². The quantitative estimate of drug-likeness (QED) is 0.650. The summed E-state index contributed by atoms with van der Waals surface area (Å²) in [5.41, 5.74) is -0.743. The number of nitro benzene ring substituents is 2. The molecule has 20 heavy (non-hydrogen) atoms. The van der Waals surface area contributed by atoms with Crippen molar-refractivity contribution in [1.29, 1.82) is 0 Å². The van der Waals surface area contributed by atoms with Gasteiger partial charge in [0.2, 0.25) is 0 Å². The van der Waals surface area contributed by atoms with E-state index >= 15 is 0 Å². The van der Waals surface area contributed by atoms with Gasteiger partial charge in [0.1, 0.15) is 5.69 Å². The number of nitro groups is 2. The predicted molar refractivity (Wildman–Crippen MR) is 70.4 cm³/mol. The summed E-state index contributed by atoms with van der Waals surface area (Å²) in [5.74, 6) is -0.0629.